The van der Waals surface area contributed by atoms with Gasteiger partial charge in [0, 0.05) is 30.1 Å². The Balaban J connectivity index is 1.48. The number of aryl methyl sites for hydroxylation is 1. The van der Waals surface area contributed by atoms with Crippen molar-refractivity contribution in [3.63, 3.8) is 0 Å². The number of carbonyl (C=O) groups is 2. The monoisotopic (exact) mass is 510 g/mol. The van der Waals surface area contributed by atoms with Crippen LogP contribution in [0, 0.1) is 6.92 Å². The normalized spacial score (nSPS) is 15.1. The Morgan fingerprint density at radius 1 is 1.19 bits per heavy atom. The number of furan rings is 1. The molecule has 1 saturated heterocycles. The van der Waals surface area contributed by atoms with Crippen LogP contribution in [0.2, 0.25) is 0 Å². The van der Waals surface area contributed by atoms with E-state index in [4.69, 9.17) is 14.2 Å². The molecule has 0 radical (unpaired) electrons. The van der Waals surface area contributed by atoms with E-state index in [2.05, 4.69) is 41.4 Å². The second-order valence-corrected chi connectivity index (χ2v) is 10.6. The van der Waals surface area contributed by atoms with E-state index in [1.54, 1.807) is 23.1 Å². The smallest absolute Gasteiger partial charge is 0.279 e. The molecule has 0 aliphatic carbocycles. The summed E-state index contributed by atoms with van der Waals surface area (Å²) in [6.45, 7) is 9.05. The molecule has 4 rings (SSSR count). The van der Waals surface area contributed by atoms with Crippen LogP contribution in [0.1, 0.15) is 72.0 Å². The second-order valence-electron chi connectivity index (χ2n) is 9.67. The first-order chi connectivity index (χ1) is 17.2. The third kappa shape index (κ3) is 5.62. The summed E-state index contributed by atoms with van der Waals surface area (Å²) in [5.74, 6) is -0.137. The van der Waals surface area contributed by atoms with Gasteiger partial charge in [-0.1, -0.05) is 37.3 Å². The molecular weight excluding hydrogens is 480 g/mol. The van der Waals surface area contributed by atoms with Crippen LogP contribution in [0.25, 0.3) is 0 Å². The molecule has 3 aromatic rings. The molecule has 36 heavy (non-hydrogen) atoms. The van der Waals surface area contributed by atoms with Gasteiger partial charge in [-0.15, -0.1) is 10.2 Å². The van der Waals surface area contributed by atoms with E-state index in [0.29, 0.717) is 42.4 Å². The average molecular weight is 511 g/mol. The number of amides is 2. The van der Waals surface area contributed by atoms with E-state index in [-0.39, 0.29) is 28.9 Å². The highest BCUT2D eigenvalue weighted by Crippen LogP contribution is 2.31. The lowest BCUT2D eigenvalue weighted by Crippen LogP contribution is -2.42. The van der Waals surface area contributed by atoms with Crippen LogP contribution < -0.4 is 5.32 Å². The zero-order valence-electron chi connectivity index (χ0n) is 21.1. The molecule has 3 aromatic heterocycles. The van der Waals surface area contributed by atoms with Gasteiger partial charge >= 0.3 is 0 Å². The van der Waals surface area contributed by atoms with E-state index < -0.39 is 0 Å². The number of aromatic nitrogens is 3. The molecule has 0 aromatic carbocycles. The number of nitrogens with zero attached hydrogens (tertiary/aromatic N) is 5. The fourth-order valence-electron chi connectivity index (χ4n) is 4.02. The lowest BCUT2D eigenvalue weighted by Gasteiger charge is -2.32. The predicted octanol–water partition coefficient (Wildman–Crippen LogP) is 4.14. The molecule has 1 aliphatic rings. The highest BCUT2D eigenvalue weighted by Gasteiger charge is 2.31. The molecule has 10 nitrogen and oxygen atoms in total. The second kappa shape index (κ2) is 10.6. The van der Waals surface area contributed by atoms with E-state index in [0.717, 1.165) is 16.4 Å². The van der Waals surface area contributed by atoms with Gasteiger partial charge in [-0.05, 0) is 44.0 Å². The van der Waals surface area contributed by atoms with Crippen molar-refractivity contribution in [2.45, 2.75) is 51.9 Å². The SMILES string of the molecule is CON=C(C(=O)N1CCC(c2nc(C)ccc2C(=O)Nc2nnc(C(C)(C)C)s2)CC1)c1ccco1. The lowest BCUT2D eigenvalue weighted by atomic mass is 9.89. The molecule has 1 N–H and O–H groups in total. The summed E-state index contributed by atoms with van der Waals surface area (Å²) in [5, 5.41) is 16.4. The largest absolute Gasteiger partial charge is 0.462 e. The maximum absolute atomic E-state index is 13.2. The van der Waals surface area contributed by atoms with Crippen molar-refractivity contribution >= 4 is 34.0 Å². The molecular formula is C25H30N6O4S. The zero-order valence-corrected chi connectivity index (χ0v) is 21.9. The number of piperidine rings is 1. The van der Waals surface area contributed by atoms with Crippen molar-refractivity contribution in [1.82, 2.24) is 20.1 Å². The number of hydrogen-bond acceptors (Lipinski definition) is 9. The Morgan fingerprint density at radius 3 is 2.56 bits per heavy atom. The first-order valence-electron chi connectivity index (χ1n) is 11.7. The molecule has 0 bridgehead atoms. The van der Waals surface area contributed by atoms with Crippen LogP contribution in [0.3, 0.4) is 0 Å². The summed E-state index contributed by atoms with van der Waals surface area (Å²) >= 11 is 1.37. The number of hydrogen-bond donors (Lipinski definition) is 1. The number of anilines is 1. The van der Waals surface area contributed by atoms with Crippen molar-refractivity contribution in [3.05, 3.63) is 58.2 Å². The minimum atomic E-state index is -0.264. The van der Waals surface area contributed by atoms with Crippen LogP contribution >= 0.6 is 11.3 Å². The maximum Gasteiger partial charge on any atom is 0.279 e. The van der Waals surface area contributed by atoms with Crippen molar-refractivity contribution in [3.8, 4) is 0 Å². The quantitative estimate of drug-likeness (QED) is 0.390. The summed E-state index contributed by atoms with van der Waals surface area (Å²) in [6.07, 6.45) is 2.81. The molecule has 11 heteroatoms. The van der Waals surface area contributed by atoms with Crippen molar-refractivity contribution < 1.29 is 18.8 Å². The molecule has 1 aliphatic heterocycles. The Morgan fingerprint density at radius 2 is 1.94 bits per heavy atom. The minimum absolute atomic E-state index is 0.0284. The van der Waals surface area contributed by atoms with Gasteiger partial charge in [-0.25, -0.2) is 0 Å². The van der Waals surface area contributed by atoms with Crippen molar-refractivity contribution in [1.29, 1.82) is 0 Å². The number of rotatable bonds is 6. The van der Waals surface area contributed by atoms with Crippen LogP contribution in [-0.4, -0.2) is 57.8 Å². The zero-order chi connectivity index (χ0) is 25.9. The Labute approximate surface area is 213 Å². The predicted molar refractivity (Wildman–Crippen MR) is 136 cm³/mol. The topological polar surface area (TPSA) is 123 Å². The molecule has 0 unspecified atom stereocenters. The number of likely N-dealkylation sites (tertiary alicyclic amines) is 1. The van der Waals surface area contributed by atoms with Crippen LogP contribution in [-0.2, 0) is 15.0 Å². The molecule has 2 amide bonds. The highest BCUT2D eigenvalue weighted by molar-refractivity contribution is 7.15. The minimum Gasteiger partial charge on any atom is -0.462 e. The van der Waals surface area contributed by atoms with Gasteiger partial charge in [0.05, 0.1) is 17.5 Å². The van der Waals surface area contributed by atoms with Gasteiger partial charge < -0.3 is 14.2 Å². The summed E-state index contributed by atoms with van der Waals surface area (Å²) in [4.78, 5) is 37.6. The maximum atomic E-state index is 13.2. The fourth-order valence-corrected chi connectivity index (χ4v) is 4.82. The Bertz CT molecular complexity index is 1250. The lowest BCUT2D eigenvalue weighted by molar-refractivity contribution is -0.125. The average Bonchev–Trinajstić information content (AvgIpc) is 3.54. The van der Waals surface area contributed by atoms with Crippen LogP contribution in [0.15, 0.2) is 40.1 Å². The van der Waals surface area contributed by atoms with Gasteiger partial charge in [0.15, 0.2) is 5.76 Å². The Hall–Kier alpha value is -3.60. The molecule has 0 atom stereocenters. The molecule has 1 fully saturated rings. The van der Waals surface area contributed by atoms with E-state index >= 15 is 0 Å². The van der Waals surface area contributed by atoms with Gasteiger partial charge in [0.1, 0.15) is 12.1 Å². The third-order valence-corrected chi connectivity index (χ3v) is 7.17. The first-order valence-corrected chi connectivity index (χ1v) is 12.6. The van der Waals surface area contributed by atoms with E-state index in [1.165, 1.54) is 24.7 Å². The highest BCUT2D eigenvalue weighted by atomic mass is 32.1. The third-order valence-electron chi connectivity index (χ3n) is 5.90. The summed E-state index contributed by atoms with van der Waals surface area (Å²) in [7, 11) is 1.39. The van der Waals surface area contributed by atoms with Gasteiger partial charge in [0.25, 0.3) is 11.8 Å². The van der Waals surface area contributed by atoms with E-state index in [9.17, 15) is 9.59 Å². The number of pyridine rings is 1. The number of oxime groups is 1. The molecule has 190 valence electrons. The van der Waals surface area contributed by atoms with Crippen molar-refractivity contribution in [2.75, 3.05) is 25.5 Å². The van der Waals surface area contributed by atoms with Crippen LogP contribution in [0.4, 0.5) is 5.13 Å². The van der Waals surface area contributed by atoms with Gasteiger partial charge in [-0.3, -0.25) is 19.9 Å². The molecule has 0 spiro atoms. The van der Waals surface area contributed by atoms with E-state index in [1.807, 2.05) is 13.0 Å². The number of carbonyl (C=O) groups excluding carboxylic acids is 2. The first kappa shape index (κ1) is 25.5. The standard InChI is InChI=1S/C25H30N6O4S/c1-15-8-9-17(21(32)27-24-29-28-23(36-24)25(2,3)4)19(26-15)16-10-12-31(13-11-16)22(33)20(30-34-5)18-7-6-14-35-18/h6-9,14,16H,10-13H2,1-5H3,(H,27,29,32). The van der Waals surface area contributed by atoms with Crippen molar-refractivity contribution in [2.24, 2.45) is 5.16 Å². The summed E-state index contributed by atoms with van der Waals surface area (Å²) in [5.41, 5.74) is 2.06. The fraction of sp³-hybridized carbons (Fsp3) is 0.440. The molecule has 4 heterocycles. The van der Waals surface area contributed by atoms with Crippen LogP contribution in [0.5, 0.6) is 0 Å². The molecule has 0 saturated carbocycles. The summed E-state index contributed by atoms with van der Waals surface area (Å²) in [6, 6.07) is 7.00. The van der Waals surface area contributed by atoms with Gasteiger partial charge in [0.2, 0.25) is 10.8 Å². The Kier molecular flexibility index (Phi) is 7.48. The summed E-state index contributed by atoms with van der Waals surface area (Å²) < 4.78 is 5.35. The van der Waals surface area contributed by atoms with Gasteiger partial charge in [-0.2, -0.15) is 0 Å². The number of nitrogens with one attached hydrogen (secondary N) is 1.